The number of amides is 1. The fourth-order valence-electron chi connectivity index (χ4n) is 3.19. The zero-order valence-electron chi connectivity index (χ0n) is 15.9. The van der Waals surface area contributed by atoms with Crippen molar-refractivity contribution in [2.75, 3.05) is 23.3 Å². The van der Waals surface area contributed by atoms with Gasteiger partial charge >= 0.3 is 0 Å². The van der Waals surface area contributed by atoms with E-state index in [2.05, 4.69) is 21.9 Å². The van der Waals surface area contributed by atoms with Crippen LogP contribution in [-0.4, -0.2) is 33.5 Å². The summed E-state index contributed by atoms with van der Waals surface area (Å²) in [5.74, 6) is -0.723. The lowest BCUT2D eigenvalue weighted by Gasteiger charge is -2.19. The predicted molar refractivity (Wildman–Crippen MR) is 107 cm³/mol. The van der Waals surface area contributed by atoms with E-state index < -0.39 is 32.7 Å². The van der Waals surface area contributed by atoms with E-state index in [0.29, 0.717) is 11.6 Å². The highest BCUT2D eigenvalue weighted by molar-refractivity contribution is 7.89. The van der Waals surface area contributed by atoms with Gasteiger partial charge in [0.25, 0.3) is 0 Å². The minimum atomic E-state index is -4.14. The molecule has 1 heterocycles. The van der Waals surface area contributed by atoms with E-state index in [1.165, 1.54) is 19.1 Å². The first-order valence-electron chi connectivity index (χ1n) is 9.19. The molecule has 0 bridgehead atoms. The topological polar surface area (TPSA) is 78.5 Å². The minimum absolute atomic E-state index is 0.487. The van der Waals surface area contributed by atoms with Gasteiger partial charge in [-0.05, 0) is 55.7 Å². The largest absolute Gasteiger partial charge is 0.371 e. The van der Waals surface area contributed by atoms with Crippen LogP contribution in [0.3, 0.4) is 0 Å². The molecule has 1 aliphatic rings. The van der Waals surface area contributed by atoms with Crippen LogP contribution in [0.15, 0.2) is 53.4 Å². The number of anilines is 2. The maximum absolute atomic E-state index is 13.7. The highest BCUT2D eigenvalue weighted by atomic mass is 32.2. The molecule has 2 aromatic rings. The lowest BCUT2D eigenvalue weighted by atomic mass is 10.2. The van der Waals surface area contributed by atoms with E-state index >= 15 is 0 Å². The molecule has 6 nitrogen and oxygen atoms in total. The van der Waals surface area contributed by atoms with Crippen LogP contribution >= 0.6 is 0 Å². The quantitative estimate of drug-likeness (QED) is 0.775. The lowest BCUT2D eigenvalue weighted by molar-refractivity contribution is -0.117. The number of nitrogens with one attached hydrogen (secondary N) is 2. The molecule has 28 heavy (non-hydrogen) atoms. The molecule has 1 saturated heterocycles. The first kappa shape index (κ1) is 20.3. The lowest BCUT2D eigenvalue weighted by Crippen LogP contribution is -2.41. The summed E-state index contributed by atoms with van der Waals surface area (Å²) in [7, 11) is -4.14. The van der Waals surface area contributed by atoms with Crippen molar-refractivity contribution in [1.82, 2.24) is 4.72 Å². The zero-order valence-corrected chi connectivity index (χ0v) is 16.7. The second kappa shape index (κ2) is 8.28. The highest BCUT2D eigenvalue weighted by Crippen LogP contribution is 2.24. The molecule has 0 saturated carbocycles. The van der Waals surface area contributed by atoms with Crippen LogP contribution in [-0.2, 0) is 14.8 Å². The van der Waals surface area contributed by atoms with E-state index in [0.717, 1.165) is 37.3 Å². The second-order valence-corrected chi connectivity index (χ2v) is 8.83. The third-order valence-electron chi connectivity index (χ3n) is 4.78. The molecule has 0 radical (unpaired) electrons. The van der Waals surface area contributed by atoms with Crippen molar-refractivity contribution >= 4 is 27.3 Å². The average molecular weight is 405 g/mol. The first-order chi connectivity index (χ1) is 13.3. The summed E-state index contributed by atoms with van der Waals surface area (Å²) >= 11 is 0. The van der Waals surface area contributed by atoms with Gasteiger partial charge in [0.05, 0.1) is 6.04 Å². The number of sulfonamides is 1. The smallest absolute Gasteiger partial charge is 0.244 e. The summed E-state index contributed by atoms with van der Waals surface area (Å²) in [5.41, 5.74) is 1.66. The average Bonchev–Trinajstić information content (AvgIpc) is 3.08. The Labute approximate surface area is 164 Å². The molecule has 3 rings (SSSR count). The van der Waals surface area contributed by atoms with Crippen LogP contribution in [0.25, 0.3) is 0 Å². The minimum Gasteiger partial charge on any atom is -0.371 e. The van der Waals surface area contributed by atoms with Gasteiger partial charge in [0.15, 0.2) is 0 Å². The number of carbonyl (C=O) groups is 1. The van der Waals surface area contributed by atoms with Gasteiger partial charge < -0.3 is 10.2 Å². The van der Waals surface area contributed by atoms with Crippen molar-refractivity contribution in [1.29, 1.82) is 0 Å². The van der Waals surface area contributed by atoms with Crippen LogP contribution in [0.2, 0.25) is 0 Å². The fraction of sp³-hybridized carbons (Fsp3) is 0.350. The maximum Gasteiger partial charge on any atom is 0.244 e. The Kier molecular flexibility index (Phi) is 6.00. The monoisotopic (exact) mass is 405 g/mol. The molecule has 1 unspecified atom stereocenters. The van der Waals surface area contributed by atoms with Gasteiger partial charge in [-0.2, -0.15) is 4.72 Å². The first-order valence-corrected chi connectivity index (χ1v) is 10.7. The Morgan fingerprint density at radius 3 is 2.46 bits per heavy atom. The number of benzene rings is 2. The Balaban J connectivity index is 1.62. The Bertz CT molecular complexity index is 947. The summed E-state index contributed by atoms with van der Waals surface area (Å²) in [5, 5.41) is 2.68. The summed E-state index contributed by atoms with van der Waals surface area (Å²) in [6.45, 7) is 5.66. The highest BCUT2D eigenvalue weighted by Gasteiger charge is 2.24. The van der Waals surface area contributed by atoms with Gasteiger partial charge in [0, 0.05) is 24.5 Å². The van der Waals surface area contributed by atoms with Gasteiger partial charge in [0.2, 0.25) is 15.9 Å². The van der Waals surface area contributed by atoms with E-state index in [-0.39, 0.29) is 0 Å². The van der Waals surface area contributed by atoms with E-state index in [9.17, 15) is 17.6 Å². The van der Waals surface area contributed by atoms with Gasteiger partial charge in [-0.1, -0.05) is 19.1 Å². The Hall–Kier alpha value is -2.45. The predicted octanol–water partition coefficient (Wildman–Crippen LogP) is 2.98. The summed E-state index contributed by atoms with van der Waals surface area (Å²) in [6, 6.07) is 11.4. The Morgan fingerprint density at radius 1 is 1.18 bits per heavy atom. The van der Waals surface area contributed by atoms with Crippen molar-refractivity contribution in [3.63, 3.8) is 0 Å². The summed E-state index contributed by atoms with van der Waals surface area (Å²) in [4.78, 5) is 14.2. The van der Waals surface area contributed by atoms with Crippen LogP contribution in [0, 0.1) is 11.7 Å². The van der Waals surface area contributed by atoms with Crippen molar-refractivity contribution in [2.24, 2.45) is 5.92 Å². The molecule has 1 fully saturated rings. The van der Waals surface area contributed by atoms with Gasteiger partial charge in [-0.3, -0.25) is 4.79 Å². The second-order valence-electron chi connectivity index (χ2n) is 7.15. The summed E-state index contributed by atoms with van der Waals surface area (Å²) < 4.78 is 40.6. The molecule has 150 valence electrons. The van der Waals surface area contributed by atoms with Crippen molar-refractivity contribution in [3.05, 3.63) is 54.3 Å². The fourth-order valence-corrected chi connectivity index (χ4v) is 4.47. The molecule has 0 aliphatic carbocycles. The molecule has 2 aromatic carbocycles. The van der Waals surface area contributed by atoms with Crippen LogP contribution in [0.1, 0.15) is 20.3 Å². The van der Waals surface area contributed by atoms with Gasteiger partial charge in [-0.25, -0.2) is 12.8 Å². The molecule has 0 aromatic heterocycles. The number of nitrogens with zero attached hydrogens (tertiary/aromatic N) is 1. The van der Waals surface area contributed by atoms with Crippen molar-refractivity contribution in [3.8, 4) is 0 Å². The SMILES string of the molecule is CC1CCN(c2ccc(NC(=O)[C@H](C)NS(=O)(=O)c3ccccc3F)cc2)C1. The molecule has 2 N–H and O–H groups in total. The van der Waals surface area contributed by atoms with Crippen LogP contribution in [0.4, 0.5) is 15.8 Å². The summed E-state index contributed by atoms with van der Waals surface area (Å²) in [6.07, 6.45) is 1.16. The number of hydrogen-bond donors (Lipinski definition) is 2. The van der Waals surface area contributed by atoms with Crippen molar-refractivity contribution < 1.29 is 17.6 Å². The Morgan fingerprint density at radius 2 is 1.86 bits per heavy atom. The maximum atomic E-state index is 13.7. The molecular formula is C20H24FN3O3S. The van der Waals surface area contributed by atoms with E-state index in [4.69, 9.17) is 0 Å². The molecule has 8 heteroatoms. The van der Waals surface area contributed by atoms with Crippen molar-refractivity contribution in [2.45, 2.75) is 31.2 Å². The number of rotatable bonds is 6. The third-order valence-corrected chi connectivity index (χ3v) is 6.35. The van der Waals surface area contributed by atoms with Gasteiger partial charge in [0.1, 0.15) is 10.7 Å². The van der Waals surface area contributed by atoms with Crippen LogP contribution in [0.5, 0.6) is 0 Å². The third kappa shape index (κ3) is 4.69. The number of carbonyl (C=O) groups excluding carboxylic acids is 1. The molecular weight excluding hydrogens is 381 g/mol. The molecule has 1 aliphatic heterocycles. The van der Waals surface area contributed by atoms with Gasteiger partial charge in [-0.15, -0.1) is 0 Å². The molecule has 1 amide bonds. The number of hydrogen-bond acceptors (Lipinski definition) is 4. The number of halogens is 1. The zero-order chi connectivity index (χ0) is 20.3. The molecule has 2 atom stereocenters. The normalized spacial score (nSPS) is 18.1. The van der Waals surface area contributed by atoms with E-state index in [1.807, 2.05) is 12.1 Å². The van der Waals surface area contributed by atoms with E-state index in [1.54, 1.807) is 12.1 Å². The van der Waals surface area contributed by atoms with Crippen LogP contribution < -0.4 is 14.9 Å². The molecule has 0 spiro atoms. The standard InChI is InChI=1S/C20H24FN3O3S/c1-14-11-12-24(13-14)17-9-7-16(8-10-17)22-20(25)15(2)23-28(26,27)19-6-4-3-5-18(19)21/h3-10,14-15,23H,11-13H2,1-2H3,(H,22,25)/t14?,15-/m0/s1.